The predicted molar refractivity (Wildman–Crippen MR) is 68.0 cm³/mol. The van der Waals surface area contributed by atoms with E-state index in [1.54, 1.807) is 11.3 Å². The number of benzene rings is 1. The lowest BCUT2D eigenvalue weighted by atomic mass is 10.1. The molecule has 80 valence electrons. The summed E-state index contributed by atoms with van der Waals surface area (Å²) in [5.41, 5.74) is 4.76. The van der Waals surface area contributed by atoms with Crippen LogP contribution < -0.4 is 0 Å². The Labute approximate surface area is 98.2 Å². The molecule has 0 fully saturated rings. The average Bonchev–Trinajstić information content (AvgIpc) is 2.83. The SMILES string of the molecule is Cc1csc2nc(-c3ccccc3)c(C)n12. The van der Waals surface area contributed by atoms with Gasteiger partial charge in [-0.15, -0.1) is 11.3 Å². The second kappa shape index (κ2) is 3.46. The first-order valence-corrected chi connectivity index (χ1v) is 6.14. The molecule has 0 N–H and O–H groups in total. The lowest BCUT2D eigenvalue weighted by Gasteiger charge is -1.99. The van der Waals surface area contributed by atoms with Crippen LogP contribution in [0.1, 0.15) is 11.4 Å². The van der Waals surface area contributed by atoms with E-state index in [2.05, 4.69) is 52.9 Å². The summed E-state index contributed by atoms with van der Waals surface area (Å²) in [4.78, 5) is 5.76. The lowest BCUT2D eigenvalue weighted by molar-refractivity contribution is 1.07. The van der Waals surface area contributed by atoms with Crippen LogP contribution in [-0.2, 0) is 0 Å². The molecular formula is C13H12N2S. The molecule has 2 heterocycles. The van der Waals surface area contributed by atoms with E-state index in [-0.39, 0.29) is 0 Å². The Balaban J connectivity index is 2.29. The van der Waals surface area contributed by atoms with E-state index < -0.39 is 0 Å². The minimum atomic E-state index is 1.08. The highest BCUT2D eigenvalue weighted by Gasteiger charge is 2.12. The molecule has 2 aromatic heterocycles. The van der Waals surface area contributed by atoms with Gasteiger partial charge in [0.2, 0.25) is 0 Å². The molecule has 0 saturated heterocycles. The van der Waals surface area contributed by atoms with Gasteiger partial charge >= 0.3 is 0 Å². The fourth-order valence-corrected chi connectivity index (χ4v) is 2.94. The van der Waals surface area contributed by atoms with Crippen molar-refractivity contribution in [2.45, 2.75) is 13.8 Å². The van der Waals surface area contributed by atoms with Crippen molar-refractivity contribution < 1.29 is 0 Å². The van der Waals surface area contributed by atoms with Gasteiger partial charge in [0.1, 0.15) is 0 Å². The minimum absolute atomic E-state index is 1.08. The zero-order valence-corrected chi connectivity index (χ0v) is 10.1. The van der Waals surface area contributed by atoms with Crippen molar-refractivity contribution in [2.24, 2.45) is 0 Å². The van der Waals surface area contributed by atoms with Crippen molar-refractivity contribution in [3.63, 3.8) is 0 Å². The van der Waals surface area contributed by atoms with Crippen molar-refractivity contribution in [3.8, 4) is 11.3 Å². The Morgan fingerprint density at radius 1 is 1.12 bits per heavy atom. The molecule has 0 spiro atoms. The summed E-state index contributed by atoms with van der Waals surface area (Å²) in [6.45, 7) is 4.25. The Kier molecular flexibility index (Phi) is 2.07. The Morgan fingerprint density at radius 3 is 2.56 bits per heavy atom. The minimum Gasteiger partial charge on any atom is -0.292 e. The third-order valence-corrected chi connectivity index (χ3v) is 3.76. The summed E-state index contributed by atoms with van der Waals surface area (Å²) in [5.74, 6) is 0. The number of aryl methyl sites for hydroxylation is 2. The number of fused-ring (bicyclic) bond motifs is 1. The smallest absolute Gasteiger partial charge is 0.194 e. The van der Waals surface area contributed by atoms with E-state index >= 15 is 0 Å². The van der Waals surface area contributed by atoms with Crippen LogP contribution in [0, 0.1) is 13.8 Å². The standard InChI is InChI=1S/C13H12N2S/c1-9-8-16-13-14-12(10(2)15(9)13)11-6-4-3-5-7-11/h3-8H,1-2H3. The third kappa shape index (κ3) is 1.28. The Bertz CT molecular complexity index is 635. The quantitative estimate of drug-likeness (QED) is 0.621. The maximum atomic E-state index is 4.68. The Hall–Kier alpha value is -1.61. The molecule has 2 nitrogen and oxygen atoms in total. The molecule has 0 radical (unpaired) electrons. The van der Waals surface area contributed by atoms with Crippen LogP contribution in [0.15, 0.2) is 35.7 Å². The summed E-state index contributed by atoms with van der Waals surface area (Å²) in [6, 6.07) is 10.3. The van der Waals surface area contributed by atoms with Crippen LogP contribution in [0.4, 0.5) is 0 Å². The summed E-state index contributed by atoms with van der Waals surface area (Å²) in [6.07, 6.45) is 0. The first-order valence-electron chi connectivity index (χ1n) is 5.26. The number of hydrogen-bond acceptors (Lipinski definition) is 2. The molecule has 0 aliphatic rings. The summed E-state index contributed by atoms with van der Waals surface area (Å²) in [5, 5.41) is 2.14. The molecule has 0 bridgehead atoms. The van der Waals surface area contributed by atoms with Crippen molar-refractivity contribution in [1.29, 1.82) is 0 Å². The molecule has 3 rings (SSSR count). The van der Waals surface area contributed by atoms with E-state index in [1.165, 1.54) is 17.0 Å². The van der Waals surface area contributed by atoms with Gasteiger partial charge < -0.3 is 0 Å². The summed E-state index contributed by atoms with van der Waals surface area (Å²) < 4.78 is 2.22. The van der Waals surface area contributed by atoms with E-state index in [9.17, 15) is 0 Å². The first-order chi connectivity index (χ1) is 7.77. The fourth-order valence-electron chi connectivity index (χ4n) is 2.03. The van der Waals surface area contributed by atoms with Gasteiger partial charge in [0, 0.05) is 22.3 Å². The molecule has 0 amide bonds. The fraction of sp³-hybridized carbons (Fsp3) is 0.154. The predicted octanol–water partition coefficient (Wildman–Crippen LogP) is 3.68. The zero-order valence-electron chi connectivity index (χ0n) is 9.27. The van der Waals surface area contributed by atoms with Gasteiger partial charge in [0.05, 0.1) is 5.69 Å². The average molecular weight is 228 g/mol. The van der Waals surface area contributed by atoms with Gasteiger partial charge in [-0.2, -0.15) is 0 Å². The number of nitrogens with zero attached hydrogens (tertiary/aromatic N) is 2. The molecular weight excluding hydrogens is 216 g/mol. The van der Waals surface area contributed by atoms with E-state index in [1.807, 2.05) is 6.07 Å². The molecule has 0 saturated carbocycles. The highest BCUT2D eigenvalue weighted by Crippen LogP contribution is 2.27. The van der Waals surface area contributed by atoms with Crippen molar-refractivity contribution in [3.05, 3.63) is 47.1 Å². The monoisotopic (exact) mass is 228 g/mol. The molecule has 0 aliphatic heterocycles. The molecule has 0 atom stereocenters. The van der Waals surface area contributed by atoms with Crippen LogP contribution in [0.3, 0.4) is 0 Å². The van der Waals surface area contributed by atoms with Crippen molar-refractivity contribution in [1.82, 2.24) is 9.38 Å². The maximum Gasteiger partial charge on any atom is 0.194 e. The van der Waals surface area contributed by atoms with Crippen molar-refractivity contribution in [2.75, 3.05) is 0 Å². The molecule has 3 heteroatoms. The van der Waals surface area contributed by atoms with Gasteiger partial charge in [-0.1, -0.05) is 30.3 Å². The van der Waals surface area contributed by atoms with Gasteiger partial charge in [-0.05, 0) is 13.8 Å². The second-order valence-electron chi connectivity index (χ2n) is 3.91. The van der Waals surface area contributed by atoms with Crippen LogP contribution >= 0.6 is 11.3 Å². The topological polar surface area (TPSA) is 17.3 Å². The number of rotatable bonds is 1. The number of imidazole rings is 1. The Morgan fingerprint density at radius 2 is 1.88 bits per heavy atom. The highest BCUT2D eigenvalue weighted by atomic mass is 32.1. The lowest BCUT2D eigenvalue weighted by Crippen LogP contribution is -1.87. The van der Waals surface area contributed by atoms with E-state index in [4.69, 9.17) is 0 Å². The molecule has 0 aliphatic carbocycles. The molecule has 1 aromatic carbocycles. The van der Waals surface area contributed by atoms with Gasteiger partial charge in [0.15, 0.2) is 4.96 Å². The molecule has 0 unspecified atom stereocenters. The second-order valence-corrected chi connectivity index (χ2v) is 4.74. The number of hydrogen-bond donors (Lipinski definition) is 0. The maximum absolute atomic E-state index is 4.68. The van der Waals surface area contributed by atoms with E-state index in [0.717, 1.165) is 10.7 Å². The first kappa shape index (κ1) is 9.60. The van der Waals surface area contributed by atoms with Crippen LogP contribution in [0.5, 0.6) is 0 Å². The van der Waals surface area contributed by atoms with Crippen LogP contribution in [-0.4, -0.2) is 9.38 Å². The van der Waals surface area contributed by atoms with Gasteiger partial charge in [-0.25, -0.2) is 4.98 Å². The van der Waals surface area contributed by atoms with Crippen LogP contribution in [0.25, 0.3) is 16.2 Å². The van der Waals surface area contributed by atoms with E-state index in [0.29, 0.717) is 0 Å². The number of aromatic nitrogens is 2. The highest BCUT2D eigenvalue weighted by molar-refractivity contribution is 7.15. The van der Waals surface area contributed by atoms with Crippen molar-refractivity contribution >= 4 is 16.3 Å². The summed E-state index contributed by atoms with van der Waals surface area (Å²) >= 11 is 1.70. The van der Waals surface area contributed by atoms with Gasteiger partial charge in [-0.3, -0.25) is 4.40 Å². The molecule has 3 aromatic rings. The molecule has 16 heavy (non-hydrogen) atoms. The third-order valence-electron chi connectivity index (χ3n) is 2.81. The normalized spacial score (nSPS) is 11.1. The summed E-state index contributed by atoms with van der Waals surface area (Å²) in [7, 11) is 0. The number of thiazole rings is 1. The largest absolute Gasteiger partial charge is 0.292 e. The van der Waals surface area contributed by atoms with Crippen LogP contribution in [0.2, 0.25) is 0 Å². The van der Waals surface area contributed by atoms with Gasteiger partial charge in [0.25, 0.3) is 0 Å². The zero-order chi connectivity index (χ0) is 11.1.